The highest BCUT2D eigenvalue weighted by Crippen LogP contribution is 2.16. The van der Waals surface area contributed by atoms with Gasteiger partial charge in [0.2, 0.25) is 5.91 Å². The normalized spacial score (nSPS) is 12.9. The number of hydrogen-bond donors (Lipinski definition) is 3. The van der Waals surface area contributed by atoms with Crippen LogP contribution in [-0.4, -0.2) is 47.4 Å². The predicted molar refractivity (Wildman–Crippen MR) is 273 cm³/mol. The lowest BCUT2D eigenvalue weighted by Crippen LogP contribution is -2.45. The van der Waals surface area contributed by atoms with Crippen LogP contribution < -0.4 is 5.32 Å². The summed E-state index contributed by atoms with van der Waals surface area (Å²) in [5.74, 6) is -0.0513. The Labute approximate surface area is 392 Å². The van der Waals surface area contributed by atoms with Crippen molar-refractivity contribution in [2.75, 3.05) is 13.2 Å². The van der Waals surface area contributed by atoms with E-state index in [1.807, 2.05) is 0 Å². The molecule has 0 aliphatic heterocycles. The third-order valence-corrected chi connectivity index (χ3v) is 12.7. The van der Waals surface area contributed by atoms with E-state index in [-0.39, 0.29) is 18.5 Å². The average Bonchev–Trinajstić information content (AvgIpc) is 3.28. The molecule has 0 aliphatic carbocycles. The van der Waals surface area contributed by atoms with Gasteiger partial charge in [-0.1, -0.05) is 237 Å². The standard InChI is InChI=1S/C57H107NO5/c1-3-5-7-9-11-13-15-16-27-31-35-39-43-47-51-57(62)63-52-48-44-40-36-32-28-25-23-21-19-17-18-20-22-24-26-30-34-38-42-46-50-56(61)58-54(53-59)55(60)49-45-41-37-33-29-14-12-10-8-6-4-2/h9,11,15-16,18,20,54-55,59-60H,3-8,10,12-14,17,19,21-53H2,1-2H3,(H,58,61)/b11-9-,16-15-,20-18-. The Morgan fingerprint density at radius 3 is 1.27 bits per heavy atom. The van der Waals surface area contributed by atoms with Crippen molar-refractivity contribution < 1.29 is 24.5 Å². The quantitative estimate of drug-likeness (QED) is 0.0321. The SMILES string of the molecule is CCCC/C=C\C/C=C\CCCCCCCC(=O)OCCCCCCCCCCCC/C=C\CCCCCCCCCC(=O)NC(CO)C(O)CCCCCCCCCCCCC. The molecule has 1 amide bonds. The third kappa shape index (κ3) is 49.4. The minimum atomic E-state index is -0.668. The van der Waals surface area contributed by atoms with E-state index < -0.39 is 12.1 Å². The zero-order valence-corrected chi connectivity index (χ0v) is 42.1. The van der Waals surface area contributed by atoms with Gasteiger partial charge in [-0.2, -0.15) is 0 Å². The number of amides is 1. The van der Waals surface area contributed by atoms with Crippen molar-refractivity contribution in [2.45, 2.75) is 302 Å². The van der Waals surface area contributed by atoms with Crippen molar-refractivity contribution in [2.24, 2.45) is 0 Å². The maximum atomic E-state index is 12.4. The zero-order valence-electron chi connectivity index (χ0n) is 42.1. The van der Waals surface area contributed by atoms with E-state index in [4.69, 9.17) is 4.74 Å². The molecule has 0 heterocycles. The number of carbonyl (C=O) groups is 2. The smallest absolute Gasteiger partial charge is 0.305 e. The van der Waals surface area contributed by atoms with Gasteiger partial charge in [0.15, 0.2) is 0 Å². The van der Waals surface area contributed by atoms with E-state index in [0.717, 1.165) is 51.4 Å². The molecule has 0 aromatic carbocycles. The molecule has 0 saturated heterocycles. The van der Waals surface area contributed by atoms with Crippen molar-refractivity contribution in [3.05, 3.63) is 36.5 Å². The van der Waals surface area contributed by atoms with Gasteiger partial charge in [0.1, 0.15) is 0 Å². The molecule has 63 heavy (non-hydrogen) atoms. The average molecular weight is 886 g/mol. The second-order valence-electron chi connectivity index (χ2n) is 18.9. The lowest BCUT2D eigenvalue weighted by molar-refractivity contribution is -0.143. The molecule has 0 saturated carbocycles. The molecule has 0 fully saturated rings. The van der Waals surface area contributed by atoms with Crippen LogP contribution in [0, 0.1) is 0 Å². The highest BCUT2D eigenvalue weighted by molar-refractivity contribution is 5.76. The highest BCUT2D eigenvalue weighted by atomic mass is 16.5. The van der Waals surface area contributed by atoms with E-state index in [0.29, 0.717) is 25.9 Å². The Bertz CT molecular complexity index is 1020. The number of nitrogens with one attached hydrogen (secondary N) is 1. The summed E-state index contributed by atoms with van der Waals surface area (Å²) in [6.07, 6.45) is 64.2. The second-order valence-corrected chi connectivity index (χ2v) is 18.9. The third-order valence-electron chi connectivity index (χ3n) is 12.7. The van der Waals surface area contributed by atoms with Gasteiger partial charge in [-0.15, -0.1) is 0 Å². The molecule has 0 aliphatic rings. The number of aliphatic hydroxyl groups excluding tert-OH is 2. The van der Waals surface area contributed by atoms with Crippen LogP contribution in [0.4, 0.5) is 0 Å². The molecular formula is C57H107NO5. The molecular weight excluding hydrogens is 779 g/mol. The molecule has 6 nitrogen and oxygen atoms in total. The summed E-state index contributed by atoms with van der Waals surface area (Å²) in [4.78, 5) is 24.4. The van der Waals surface area contributed by atoms with E-state index in [1.54, 1.807) is 0 Å². The molecule has 0 bridgehead atoms. The van der Waals surface area contributed by atoms with Gasteiger partial charge in [0.25, 0.3) is 0 Å². The minimum Gasteiger partial charge on any atom is -0.466 e. The molecule has 2 unspecified atom stereocenters. The number of esters is 1. The number of unbranched alkanes of at least 4 members (excludes halogenated alkanes) is 34. The van der Waals surface area contributed by atoms with E-state index >= 15 is 0 Å². The van der Waals surface area contributed by atoms with E-state index in [1.165, 1.54) is 205 Å². The van der Waals surface area contributed by atoms with Gasteiger partial charge < -0.3 is 20.3 Å². The summed E-state index contributed by atoms with van der Waals surface area (Å²) in [6.45, 7) is 4.89. The fourth-order valence-electron chi connectivity index (χ4n) is 8.36. The largest absolute Gasteiger partial charge is 0.466 e. The topological polar surface area (TPSA) is 95.9 Å². The van der Waals surface area contributed by atoms with Crippen LogP contribution in [0.25, 0.3) is 0 Å². The molecule has 0 aromatic heterocycles. The first-order chi connectivity index (χ1) is 31.0. The van der Waals surface area contributed by atoms with Gasteiger partial charge in [-0.3, -0.25) is 9.59 Å². The first-order valence-corrected chi connectivity index (χ1v) is 27.7. The fraction of sp³-hybridized carbons (Fsp3) is 0.860. The Kier molecular flexibility index (Phi) is 51.1. The van der Waals surface area contributed by atoms with Crippen LogP contribution >= 0.6 is 0 Å². The highest BCUT2D eigenvalue weighted by Gasteiger charge is 2.20. The maximum Gasteiger partial charge on any atom is 0.305 e. The number of rotatable bonds is 51. The van der Waals surface area contributed by atoms with Gasteiger partial charge in [-0.05, 0) is 77.0 Å². The second kappa shape index (κ2) is 52.7. The lowest BCUT2D eigenvalue weighted by Gasteiger charge is -2.22. The van der Waals surface area contributed by atoms with Gasteiger partial charge in [-0.25, -0.2) is 0 Å². The Morgan fingerprint density at radius 2 is 0.810 bits per heavy atom. The van der Waals surface area contributed by atoms with Crippen LogP contribution in [0.15, 0.2) is 36.5 Å². The van der Waals surface area contributed by atoms with Gasteiger partial charge in [0.05, 0.1) is 25.4 Å². The number of aliphatic hydroxyl groups is 2. The molecule has 0 aromatic rings. The van der Waals surface area contributed by atoms with Crippen LogP contribution in [0.2, 0.25) is 0 Å². The van der Waals surface area contributed by atoms with Crippen molar-refractivity contribution >= 4 is 11.9 Å². The molecule has 2 atom stereocenters. The number of carbonyl (C=O) groups excluding carboxylic acids is 2. The van der Waals surface area contributed by atoms with Gasteiger partial charge >= 0.3 is 5.97 Å². The van der Waals surface area contributed by atoms with Crippen LogP contribution in [0.3, 0.4) is 0 Å². The number of allylic oxidation sites excluding steroid dienone is 6. The monoisotopic (exact) mass is 886 g/mol. The van der Waals surface area contributed by atoms with E-state index in [9.17, 15) is 19.8 Å². The van der Waals surface area contributed by atoms with Crippen molar-refractivity contribution in [3.8, 4) is 0 Å². The summed E-state index contributed by atoms with van der Waals surface area (Å²) in [5.41, 5.74) is 0. The predicted octanol–water partition coefficient (Wildman–Crippen LogP) is 16.9. The van der Waals surface area contributed by atoms with Crippen LogP contribution in [-0.2, 0) is 14.3 Å². The van der Waals surface area contributed by atoms with Crippen LogP contribution in [0.5, 0.6) is 0 Å². The Balaban J connectivity index is 3.42. The molecule has 0 radical (unpaired) electrons. The lowest BCUT2D eigenvalue weighted by atomic mass is 10.0. The first-order valence-electron chi connectivity index (χ1n) is 27.7. The maximum absolute atomic E-state index is 12.4. The number of ether oxygens (including phenoxy) is 1. The first kappa shape index (κ1) is 61.1. The summed E-state index contributed by atoms with van der Waals surface area (Å²) in [5, 5.41) is 23.2. The summed E-state index contributed by atoms with van der Waals surface area (Å²) in [7, 11) is 0. The fourth-order valence-corrected chi connectivity index (χ4v) is 8.36. The summed E-state index contributed by atoms with van der Waals surface area (Å²) in [6, 6.07) is -0.546. The summed E-state index contributed by atoms with van der Waals surface area (Å²) < 4.78 is 5.46. The Hall–Kier alpha value is -1.92. The molecule has 6 heteroatoms. The van der Waals surface area contributed by atoms with Crippen molar-refractivity contribution in [1.29, 1.82) is 0 Å². The zero-order chi connectivity index (χ0) is 45.8. The summed E-state index contributed by atoms with van der Waals surface area (Å²) >= 11 is 0. The van der Waals surface area contributed by atoms with Crippen molar-refractivity contribution in [1.82, 2.24) is 5.32 Å². The molecule has 3 N–H and O–H groups in total. The van der Waals surface area contributed by atoms with E-state index in [2.05, 4.69) is 55.6 Å². The van der Waals surface area contributed by atoms with Crippen molar-refractivity contribution in [3.63, 3.8) is 0 Å². The molecule has 370 valence electrons. The van der Waals surface area contributed by atoms with Crippen LogP contribution in [0.1, 0.15) is 290 Å². The Morgan fingerprint density at radius 1 is 0.444 bits per heavy atom. The van der Waals surface area contributed by atoms with Gasteiger partial charge in [0, 0.05) is 12.8 Å². The minimum absolute atomic E-state index is 0.00688. The number of hydrogen-bond acceptors (Lipinski definition) is 5. The molecule has 0 rings (SSSR count). The molecule has 0 spiro atoms.